The van der Waals surface area contributed by atoms with Crippen molar-refractivity contribution in [2.75, 3.05) is 31.6 Å². The lowest BCUT2D eigenvalue weighted by molar-refractivity contribution is -0.141. The molecule has 30 heavy (non-hydrogen) atoms. The number of alkyl halides is 3. The number of halogens is 3. The molecule has 8 nitrogen and oxygen atoms in total. The van der Waals surface area contributed by atoms with Gasteiger partial charge in [-0.2, -0.15) is 13.2 Å². The van der Waals surface area contributed by atoms with Crippen molar-refractivity contribution < 1.29 is 27.5 Å². The molecule has 1 fully saturated rings. The summed E-state index contributed by atoms with van der Waals surface area (Å²) in [4.78, 5) is 36.8. The van der Waals surface area contributed by atoms with Crippen molar-refractivity contribution in [3.8, 4) is 0 Å². The maximum atomic E-state index is 12.8. The van der Waals surface area contributed by atoms with E-state index in [-0.39, 0.29) is 23.5 Å². The third kappa shape index (κ3) is 5.22. The third-order valence-electron chi connectivity index (χ3n) is 4.80. The third-order valence-corrected chi connectivity index (χ3v) is 4.80. The van der Waals surface area contributed by atoms with Gasteiger partial charge in [0.05, 0.1) is 12.7 Å². The topological polar surface area (TPSA) is 97.3 Å². The largest absolute Gasteiger partial charge is 0.464 e. The normalized spacial score (nSPS) is 15.0. The first kappa shape index (κ1) is 21.5. The lowest BCUT2D eigenvalue weighted by Crippen LogP contribution is -2.39. The molecule has 3 rings (SSSR count). The first-order valence-corrected chi connectivity index (χ1v) is 9.25. The molecule has 0 saturated carbocycles. The number of hydrogen-bond acceptors (Lipinski definition) is 7. The molecule has 2 aromatic heterocycles. The zero-order chi connectivity index (χ0) is 21.7. The fourth-order valence-corrected chi connectivity index (χ4v) is 3.09. The fraction of sp³-hybridized carbons (Fsp3) is 0.421. The number of anilines is 1. The van der Waals surface area contributed by atoms with Crippen LogP contribution >= 0.6 is 0 Å². The summed E-state index contributed by atoms with van der Waals surface area (Å²) < 4.78 is 43.0. The highest BCUT2D eigenvalue weighted by molar-refractivity contribution is 5.95. The van der Waals surface area contributed by atoms with Crippen molar-refractivity contribution in [1.82, 2.24) is 20.3 Å². The van der Waals surface area contributed by atoms with E-state index < -0.39 is 17.8 Å². The number of rotatable bonds is 5. The number of carbonyl (C=O) groups excluding carboxylic acids is 2. The Morgan fingerprint density at radius 1 is 1.20 bits per heavy atom. The van der Waals surface area contributed by atoms with E-state index in [0.29, 0.717) is 38.0 Å². The maximum Gasteiger partial charge on any atom is 0.433 e. The number of amides is 1. The molecule has 0 bridgehead atoms. The number of methoxy groups -OCH3 is 1. The van der Waals surface area contributed by atoms with Gasteiger partial charge in [-0.15, -0.1) is 0 Å². The van der Waals surface area contributed by atoms with E-state index in [1.165, 1.54) is 25.4 Å². The Balaban J connectivity index is 1.49. The molecule has 1 aliphatic heterocycles. The standard InChI is InChI=1S/C19H20F3N5O3/c1-30-17(29)14-3-2-13(11-24-14)16(28)25-10-12-5-8-27(9-6-12)18-23-7-4-15(26-18)19(20,21)22/h2-4,7,11-12H,5-6,8-10H2,1H3,(H,25,28). The Morgan fingerprint density at radius 2 is 1.93 bits per heavy atom. The SMILES string of the molecule is COC(=O)c1ccc(C(=O)NCC2CCN(c3nccc(C(F)(F)F)n3)CC2)cn1. The van der Waals surface area contributed by atoms with Crippen molar-refractivity contribution in [3.63, 3.8) is 0 Å². The van der Waals surface area contributed by atoms with Gasteiger partial charge in [-0.05, 0) is 37.0 Å². The van der Waals surface area contributed by atoms with Crippen LogP contribution in [0.25, 0.3) is 0 Å². The van der Waals surface area contributed by atoms with Crippen molar-refractivity contribution in [2.45, 2.75) is 19.0 Å². The first-order chi connectivity index (χ1) is 14.3. The minimum Gasteiger partial charge on any atom is -0.464 e. The number of esters is 1. The van der Waals surface area contributed by atoms with Crippen LogP contribution in [-0.2, 0) is 10.9 Å². The number of piperidine rings is 1. The number of hydrogen-bond donors (Lipinski definition) is 1. The molecule has 0 unspecified atom stereocenters. The number of pyridine rings is 1. The van der Waals surface area contributed by atoms with Crippen LogP contribution in [0.3, 0.4) is 0 Å². The lowest BCUT2D eigenvalue weighted by atomic mass is 9.97. The van der Waals surface area contributed by atoms with Gasteiger partial charge in [0.1, 0.15) is 11.4 Å². The summed E-state index contributed by atoms with van der Waals surface area (Å²) in [7, 11) is 1.25. The second kappa shape index (κ2) is 9.06. The van der Waals surface area contributed by atoms with Crippen LogP contribution in [0.4, 0.5) is 19.1 Å². The molecule has 1 saturated heterocycles. The van der Waals surface area contributed by atoms with Gasteiger partial charge in [-0.3, -0.25) is 4.79 Å². The van der Waals surface area contributed by atoms with E-state index in [4.69, 9.17) is 0 Å². The van der Waals surface area contributed by atoms with Crippen molar-refractivity contribution in [1.29, 1.82) is 0 Å². The maximum absolute atomic E-state index is 12.8. The molecule has 1 amide bonds. The summed E-state index contributed by atoms with van der Waals surface area (Å²) in [6, 6.07) is 3.74. The molecule has 0 aliphatic carbocycles. The number of aromatic nitrogens is 3. The molecule has 1 aliphatic rings. The monoisotopic (exact) mass is 423 g/mol. The highest BCUT2D eigenvalue weighted by atomic mass is 19.4. The van der Waals surface area contributed by atoms with Gasteiger partial charge >= 0.3 is 12.1 Å². The van der Waals surface area contributed by atoms with Gasteiger partial charge in [-0.25, -0.2) is 19.7 Å². The molecular weight excluding hydrogens is 403 g/mol. The van der Waals surface area contributed by atoms with Crippen molar-refractivity contribution in [2.24, 2.45) is 5.92 Å². The molecule has 2 aromatic rings. The summed E-state index contributed by atoms with van der Waals surface area (Å²) in [5.41, 5.74) is -0.538. The average Bonchev–Trinajstić information content (AvgIpc) is 2.77. The van der Waals surface area contributed by atoms with Crippen molar-refractivity contribution >= 4 is 17.8 Å². The zero-order valence-corrected chi connectivity index (χ0v) is 16.1. The molecule has 11 heteroatoms. The smallest absolute Gasteiger partial charge is 0.433 e. The first-order valence-electron chi connectivity index (χ1n) is 9.25. The van der Waals surface area contributed by atoms with E-state index >= 15 is 0 Å². The molecule has 3 heterocycles. The molecule has 160 valence electrons. The van der Waals surface area contributed by atoms with Crippen molar-refractivity contribution in [3.05, 3.63) is 47.5 Å². The van der Waals surface area contributed by atoms with Gasteiger partial charge in [0, 0.05) is 32.0 Å². The van der Waals surface area contributed by atoms with Crippen LogP contribution in [0.2, 0.25) is 0 Å². The lowest BCUT2D eigenvalue weighted by Gasteiger charge is -2.32. The van der Waals surface area contributed by atoms with Crippen LogP contribution in [0.15, 0.2) is 30.6 Å². The van der Waals surface area contributed by atoms with Crippen LogP contribution in [0.5, 0.6) is 0 Å². The Bertz CT molecular complexity index is 897. The quantitative estimate of drug-likeness (QED) is 0.737. The van der Waals surface area contributed by atoms with E-state index in [0.717, 1.165) is 12.3 Å². The van der Waals surface area contributed by atoms with Gasteiger partial charge in [0.15, 0.2) is 0 Å². The summed E-state index contributed by atoms with van der Waals surface area (Å²) in [5, 5.41) is 2.82. The van der Waals surface area contributed by atoms with E-state index in [9.17, 15) is 22.8 Å². The predicted molar refractivity (Wildman–Crippen MR) is 99.9 cm³/mol. The van der Waals surface area contributed by atoms with Gasteiger partial charge in [-0.1, -0.05) is 0 Å². The van der Waals surface area contributed by atoms with Crippen LogP contribution in [0, 0.1) is 5.92 Å². The summed E-state index contributed by atoms with van der Waals surface area (Å²) >= 11 is 0. The molecule has 1 N–H and O–H groups in total. The Kier molecular flexibility index (Phi) is 6.48. The average molecular weight is 423 g/mol. The minimum absolute atomic E-state index is 0.0593. The number of nitrogens with zero attached hydrogens (tertiary/aromatic N) is 4. The van der Waals surface area contributed by atoms with E-state index in [1.54, 1.807) is 4.90 Å². The van der Waals surface area contributed by atoms with Crippen LogP contribution in [-0.4, -0.2) is 53.6 Å². The fourth-order valence-electron chi connectivity index (χ4n) is 3.09. The number of ether oxygens (including phenoxy) is 1. The van der Waals surface area contributed by atoms with Gasteiger partial charge in [0.2, 0.25) is 5.95 Å². The summed E-state index contributed by atoms with van der Waals surface area (Å²) in [5.74, 6) is -0.664. The summed E-state index contributed by atoms with van der Waals surface area (Å²) in [6.07, 6.45) is -0.741. The number of nitrogens with one attached hydrogen (secondary N) is 1. The minimum atomic E-state index is -4.51. The van der Waals surface area contributed by atoms with E-state index in [1.807, 2.05) is 0 Å². The van der Waals surface area contributed by atoms with E-state index in [2.05, 4.69) is 25.0 Å². The second-order valence-corrected chi connectivity index (χ2v) is 6.80. The Labute approximate surface area is 170 Å². The molecule has 0 radical (unpaired) electrons. The highest BCUT2D eigenvalue weighted by Crippen LogP contribution is 2.29. The highest BCUT2D eigenvalue weighted by Gasteiger charge is 2.33. The second-order valence-electron chi connectivity index (χ2n) is 6.80. The van der Waals surface area contributed by atoms with Gasteiger partial charge < -0.3 is 15.0 Å². The van der Waals surface area contributed by atoms with Gasteiger partial charge in [0.25, 0.3) is 5.91 Å². The molecule has 0 spiro atoms. The Morgan fingerprint density at radius 3 is 2.53 bits per heavy atom. The summed E-state index contributed by atoms with van der Waals surface area (Å²) in [6.45, 7) is 1.42. The number of carbonyl (C=O) groups is 2. The van der Waals surface area contributed by atoms with Crippen LogP contribution < -0.4 is 10.2 Å². The molecule has 0 atom stereocenters. The van der Waals surface area contributed by atoms with Crippen LogP contribution in [0.1, 0.15) is 39.4 Å². The predicted octanol–water partition coefficient (Wildman–Crippen LogP) is 2.32. The zero-order valence-electron chi connectivity index (χ0n) is 16.1. The molecular formula is C19H20F3N5O3. The molecule has 0 aromatic carbocycles. The Hall–Kier alpha value is -3.24.